The maximum Gasteiger partial charge on any atom is 0.329 e. The molecule has 0 saturated carbocycles. The molecule has 0 aliphatic heterocycles. The number of aromatic nitrogens is 2. The molecule has 1 aromatic carbocycles. The summed E-state index contributed by atoms with van der Waals surface area (Å²) in [6, 6.07) is 10.9. The molecule has 0 aliphatic rings. The lowest BCUT2D eigenvalue weighted by Gasteiger charge is -2.13. The summed E-state index contributed by atoms with van der Waals surface area (Å²) in [5.41, 5.74) is 3.66. The zero-order valence-electron chi connectivity index (χ0n) is 13.8. The highest BCUT2D eigenvalue weighted by molar-refractivity contribution is 7.50. The summed E-state index contributed by atoms with van der Waals surface area (Å²) in [6.45, 7) is 1.83. The highest BCUT2D eigenvalue weighted by Crippen LogP contribution is 2.40. The minimum absolute atomic E-state index is 0.263. The van der Waals surface area contributed by atoms with Gasteiger partial charge >= 0.3 is 7.60 Å². The Morgan fingerprint density at radius 3 is 2.68 bits per heavy atom. The molecule has 0 bridgehead atoms. The maximum absolute atomic E-state index is 11.2. The molecule has 2 aromatic heterocycles. The highest BCUT2D eigenvalue weighted by Gasteiger charge is 2.15. The van der Waals surface area contributed by atoms with Gasteiger partial charge in [-0.1, -0.05) is 6.07 Å². The summed E-state index contributed by atoms with van der Waals surface area (Å²) in [5.74, 6) is 0.495. The van der Waals surface area contributed by atoms with Crippen LogP contribution in [0.3, 0.4) is 0 Å². The van der Waals surface area contributed by atoms with E-state index in [-0.39, 0.29) is 6.16 Å². The monoisotopic (exact) mass is 359 g/mol. The Labute approximate surface area is 144 Å². The van der Waals surface area contributed by atoms with Gasteiger partial charge in [0.25, 0.3) is 0 Å². The molecule has 3 rings (SSSR count). The van der Waals surface area contributed by atoms with E-state index < -0.39 is 7.60 Å². The molecule has 8 heteroatoms. The predicted molar refractivity (Wildman–Crippen MR) is 96.3 cm³/mol. The second-order valence-electron chi connectivity index (χ2n) is 5.67. The molecule has 0 saturated heterocycles. The van der Waals surface area contributed by atoms with Crippen molar-refractivity contribution in [3.05, 3.63) is 53.7 Å². The van der Waals surface area contributed by atoms with Crippen molar-refractivity contribution in [2.45, 2.75) is 13.1 Å². The highest BCUT2D eigenvalue weighted by atomic mass is 31.2. The second kappa shape index (κ2) is 6.80. The van der Waals surface area contributed by atoms with E-state index in [9.17, 15) is 4.57 Å². The Hall–Kier alpha value is -2.47. The number of nitrogens with one attached hydrogen (secondary N) is 1. The van der Waals surface area contributed by atoms with Crippen LogP contribution in [0, 0.1) is 6.92 Å². The Kier molecular flexibility index (Phi) is 4.72. The van der Waals surface area contributed by atoms with Gasteiger partial charge in [-0.05, 0) is 42.3 Å². The normalized spacial score (nSPS) is 11.5. The molecule has 0 spiro atoms. The molecule has 2 heterocycles. The van der Waals surface area contributed by atoms with E-state index in [0.717, 1.165) is 22.3 Å². The quantitative estimate of drug-likeness (QED) is 0.600. The van der Waals surface area contributed by atoms with Gasteiger partial charge in [-0.25, -0.2) is 4.98 Å². The van der Waals surface area contributed by atoms with Crippen molar-refractivity contribution >= 4 is 30.0 Å². The fourth-order valence-electron chi connectivity index (χ4n) is 2.56. The predicted octanol–water partition coefficient (Wildman–Crippen LogP) is 3.37. The smallest absolute Gasteiger partial charge is 0.329 e. The molecule has 0 fully saturated rings. The number of aryl methyl sites for hydroxylation is 1. The van der Waals surface area contributed by atoms with Gasteiger partial charge in [0.15, 0.2) is 5.65 Å². The summed E-state index contributed by atoms with van der Waals surface area (Å²) in [6.07, 6.45) is 1.40. The molecule has 0 aliphatic carbocycles. The van der Waals surface area contributed by atoms with Crippen molar-refractivity contribution in [2.24, 2.45) is 0 Å². The van der Waals surface area contributed by atoms with Gasteiger partial charge in [-0.3, -0.25) is 4.57 Å². The Morgan fingerprint density at radius 2 is 2.00 bits per heavy atom. The minimum Gasteiger partial charge on any atom is -0.481 e. The van der Waals surface area contributed by atoms with E-state index in [2.05, 4.69) is 15.3 Å². The number of anilines is 2. The minimum atomic E-state index is -4.09. The number of benzene rings is 1. The first-order chi connectivity index (χ1) is 11.9. The first kappa shape index (κ1) is 17.4. The third kappa shape index (κ3) is 4.14. The molecule has 3 N–H and O–H groups in total. The fraction of sp³-hybridized carbons (Fsp3) is 0.176. The lowest BCUT2D eigenvalue weighted by atomic mass is 10.1. The Bertz CT molecular complexity index is 971. The second-order valence-corrected chi connectivity index (χ2v) is 7.32. The SMILES string of the molecule is COc1ccc2c(Nc3ccc(CP(=O)(O)O)c(C)c3)ccnc2n1. The number of hydrogen-bond donors (Lipinski definition) is 3. The molecule has 0 unspecified atom stereocenters. The van der Waals surface area contributed by atoms with E-state index in [1.54, 1.807) is 31.5 Å². The molecular weight excluding hydrogens is 341 g/mol. The van der Waals surface area contributed by atoms with Gasteiger partial charge in [0.2, 0.25) is 5.88 Å². The Morgan fingerprint density at radius 1 is 1.20 bits per heavy atom. The lowest BCUT2D eigenvalue weighted by molar-refractivity contribution is 0.371. The standard InChI is InChI=1S/C17H18N3O4P/c1-11-9-13(4-3-12(11)10-25(21,22)23)19-15-7-8-18-17-14(15)5-6-16(20-17)24-2/h3-9H,10H2,1-2H3,(H,18,19,20)(H2,21,22,23). The number of fused-ring (bicyclic) bond motifs is 1. The van der Waals surface area contributed by atoms with Gasteiger partial charge in [0.05, 0.1) is 19.0 Å². The number of pyridine rings is 2. The first-order valence-electron chi connectivity index (χ1n) is 7.56. The van der Waals surface area contributed by atoms with E-state index in [1.165, 1.54) is 0 Å². The molecule has 0 atom stereocenters. The number of hydrogen-bond acceptors (Lipinski definition) is 5. The van der Waals surface area contributed by atoms with Crippen LogP contribution in [0.15, 0.2) is 42.6 Å². The van der Waals surface area contributed by atoms with Crippen LogP contribution < -0.4 is 10.1 Å². The van der Waals surface area contributed by atoms with Crippen LogP contribution in [-0.2, 0) is 10.7 Å². The molecule has 130 valence electrons. The first-order valence-corrected chi connectivity index (χ1v) is 9.36. The molecule has 0 radical (unpaired) electrons. The third-order valence-electron chi connectivity index (χ3n) is 3.78. The van der Waals surface area contributed by atoms with Gasteiger partial charge in [-0.15, -0.1) is 0 Å². The fourth-order valence-corrected chi connectivity index (χ4v) is 3.36. The van der Waals surface area contributed by atoms with Crippen LogP contribution in [0.1, 0.15) is 11.1 Å². The lowest BCUT2D eigenvalue weighted by Crippen LogP contribution is -1.97. The van der Waals surface area contributed by atoms with Crippen LogP contribution in [0.5, 0.6) is 5.88 Å². The van der Waals surface area contributed by atoms with Crippen molar-refractivity contribution in [1.29, 1.82) is 0 Å². The van der Waals surface area contributed by atoms with E-state index >= 15 is 0 Å². The average Bonchev–Trinajstić information content (AvgIpc) is 2.56. The number of ether oxygens (including phenoxy) is 1. The molecule has 7 nitrogen and oxygen atoms in total. The van der Waals surface area contributed by atoms with Crippen molar-refractivity contribution in [3.63, 3.8) is 0 Å². The van der Waals surface area contributed by atoms with E-state index in [1.807, 2.05) is 25.1 Å². The van der Waals surface area contributed by atoms with Crippen molar-refractivity contribution in [3.8, 4) is 5.88 Å². The summed E-state index contributed by atoms with van der Waals surface area (Å²) < 4.78 is 16.3. The summed E-state index contributed by atoms with van der Waals surface area (Å²) >= 11 is 0. The van der Waals surface area contributed by atoms with Crippen LogP contribution in [0.4, 0.5) is 11.4 Å². The zero-order valence-corrected chi connectivity index (χ0v) is 14.7. The van der Waals surface area contributed by atoms with Crippen molar-refractivity contribution < 1.29 is 19.1 Å². The number of methoxy groups -OCH3 is 1. The summed E-state index contributed by atoms with van der Waals surface area (Å²) in [5, 5.41) is 4.15. The van der Waals surface area contributed by atoms with Gasteiger partial charge in [0.1, 0.15) is 0 Å². The van der Waals surface area contributed by atoms with E-state index in [0.29, 0.717) is 17.1 Å². The number of nitrogens with zero attached hydrogens (tertiary/aromatic N) is 2. The van der Waals surface area contributed by atoms with Gasteiger partial charge in [0, 0.05) is 23.3 Å². The molecule has 3 aromatic rings. The van der Waals surface area contributed by atoms with Crippen LogP contribution in [0.2, 0.25) is 0 Å². The summed E-state index contributed by atoms with van der Waals surface area (Å²) in [7, 11) is -2.53. The zero-order chi connectivity index (χ0) is 18.0. The van der Waals surface area contributed by atoms with Gasteiger partial charge in [-0.2, -0.15) is 4.98 Å². The average molecular weight is 359 g/mol. The molecular formula is C17H18N3O4P. The summed E-state index contributed by atoms with van der Waals surface area (Å²) in [4.78, 5) is 26.8. The Balaban J connectivity index is 1.91. The van der Waals surface area contributed by atoms with E-state index in [4.69, 9.17) is 14.5 Å². The van der Waals surface area contributed by atoms with Crippen molar-refractivity contribution in [2.75, 3.05) is 12.4 Å². The van der Waals surface area contributed by atoms with Crippen molar-refractivity contribution in [1.82, 2.24) is 9.97 Å². The van der Waals surface area contributed by atoms with Gasteiger partial charge < -0.3 is 19.8 Å². The van der Waals surface area contributed by atoms with Crippen LogP contribution >= 0.6 is 7.60 Å². The molecule has 0 amide bonds. The maximum atomic E-state index is 11.2. The largest absolute Gasteiger partial charge is 0.481 e. The number of rotatable bonds is 5. The van der Waals surface area contributed by atoms with Crippen LogP contribution in [-0.4, -0.2) is 26.9 Å². The molecule has 25 heavy (non-hydrogen) atoms. The van der Waals surface area contributed by atoms with Crippen LogP contribution in [0.25, 0.3) is 11.0 Å². The third-order valence-corrected chi connectivity index (χ3v) is 4.54. The topological polar surface area (TPSA) is 105 Å².